The van der Waals surface area contributed by atoms with Crippen LogP contribution >= 0.6 is 11.3 Å². The van der Waals surface area contributed by atoms with Crippen LogP contribution in [0.4, 0.5) is 0 Å². The van der Waals surface area contributed by atoms with E-state index in [0.717, 1.165) is 55.3 Å². The summed E-state index contributed by atoms with van der Waals surface area (Å²) in [7, 11) is 0. The molecule has 0 spiro atoms. The smallest absolute Gasteiger partial charge is 0.227 e. The number of rotatable bonds is 5. The molecular formula is C44H26N4OS. The molecule has 0 atom stereocenters. The van der Waals surface area contributed by atoms with Gasteiger partial charge in [-0.3, -0.25) is 0 Å². The third-order valence-electron chi connectivity index (χ3n) is 9.15. The van der Waals surface area contributed by atoms with Crippen molar-refractivity contribution in [2.24, 2.45) is 0 Å². The Kier molecular flexibility index (Phi) is 6.60. The van der Waals surface area contributed by atoms with Crippen molar-refractivity contribution >= 4 is 53.4 Å². The lowest BCUT2D eigenvalue weighted by molar-refractivity contribution is 0.623. The maximum atomic E-state index is 6.53. The summed E-state index contributed by atoms with van der Waals surface area (Å²) in [6.45, 7) is 0. The van der Waals surface area contributed by atoms with Gasteiger partial charge in [0.1, 0.15) is 5.52 Å². The highest BCUT2D eigenvalue weighted by molar-refractivity contribution is 7.26. The fourth-order valence-corrected chi connectivity index (χ4v) is 8.02. The average molecular weight is 659 g/mol. The third kappa shape index (κ3) is 4.77. The van der Waals surface area contributed by atoms with Crippen molar-refractivity contribution in [3.63, 3.8) is 0 Å². The number of oxazole rings is 1. The summed E-state index contributed by atoms with van der Waals surface area (Å²) in [5.41, 5.74) is 7.72. The zero-order valence-corrected chi connectivity index (χ0v) is 27.4. The second-order valence-electron chi connectivity index (χ2n) is 12.2. The van der Waals surface area contributed by atoms with E-state index in [0.29, 0.717) is 23.4 Å². The van der Waals surface area contributed by atoms with E-state index in [1.54, 1.807) is 0 Å². The van der Waals surface area contributed by atoms with Crippen LogP contribution in [0.5, 0.6) is 0 Å². The first-order valence-corrected chi connectivity index (χ1v) is 17.3. The molecule has 0 unspecified atom stereocenters. The van der Waals surface area contributed by atoms with Crippen molar-refractivity contribution in [3.05, 3.63) is 158 Å². The van der Waals surface area contributed by atoms with Gasteiger partial charge in [-0.25, -0.2) is 19.9 Å². The van der Waals surface area contributed by atoms with Gasteiger partial charge in [-0.2, -0.15) is 0 Å². The molecule has 0 saturated heterocycles. The van der Waals surface area contributed by atoms with Gasteiger partial charge in [0.25, 0.3) is 0 Å². The fraction of sp³-hybridized carbons (Fsp3) is 0. The number of hydrogen-bond donors (Lipinski definition) is 0. The molecule has 3 aromatic heterocycles. The monoisotopic (exact) mass is 658 g/mol. The molecule has 0 saturated carbocycles. The highest BCUT2D eigenvalue weighted by Crippen LogP contribution is 2.45. The van der Waals surface area contributed by atoms with Gasteiger partial charge in [0.2, 0.25) is 5.89 Å². The topological polar surface area (TPSA) is 64.7 Å². The summed E-state index contributed by atoms with van der Waals surface area (Å²) in [5.74, 6) is 2.56. The largest absolute Gasteiger partial charge is 0.435 e. The normalized spacial score (nSPS) is 11.6. The molecule has 10 rings (SSSR count). The number of hydrogen-bond acceptors (Lipinski definition) is 6. The lowest BCUT2D eigenvalue weighted by Crippen LogP contribution is -2.00. The summed E-state index contributed by atoms with van der Waals surface area (Å²) < 4.78 is 8.96. The van der Waals surface area contributed by atoms with Crippen LogP contribution in [0, 0.1) is 0 Å². The van der Waals surface area contributed by atoms with Crippen LogP contribution in [-0.4, -0.2) is 19.9 Å². The van der Waals surface area contributed by atoms with Crippen molar-refractivity contribution < 1.29 is 4.42 Å². The van der Waals surface area contributed by atoms with E-state index in [2.05, 4.69) is 66.7 Å². The maximum absolute atomic E-state index is 6.53. The van der Waals surface area contributed by atoms with E-state index >= 15 is 0 Å². The van der Waals surface area contributed by atoms with Crippen LogP contribution in [0.2, 0.25) is 0 Å². The highest BCUT2D eigenvalue weighted by Gasteiger charge is 2.19. The molecule has 0 radical (unpaired) electrons. The van der Waals surface area contributed by atoms with Crippen molar-refractivity contribution in [2.75, 3.05) is 0 Å². The van der Waals surface area contributed by atoms with Gasteiger partial charge < -0.3 is 4.42 Å². The van der Waals surface area contributed by atoms with E-state index < -0.39 is 0 Å². The number of thiophene rings is 1. The molecule has 0 aliphatic carbocycles. The first-order chi connectivity index (χ1) is 24.8. The van der Waals surface area contributed by atoms with E-state index in [1.807, 2.05) is 102 Å². The molecule has 3 heterocycles. The van der Waals surface area contributed by atoms with Gasteiger partial charge in [-0.15, -0.1) is 11.3 Å². The minimum atomic E-state index is 0.631. The molecule has 0 bridgehead atoms. The SMILES string of the molecule is c1ccc(-c2nc(-c3ccccc3)nc(-c3cccc(-c4cccc5c4sc4ccc6ccc7nc(-c8ccccc8)oc7c6c45)c3)n2)cc1. The minimum absolute atomic E-state index is 0.631. The zero-order chi connectivity index (χ0) is 33.0. The first-order valence-electron chi connectivity index (χ1n) is 16.5. The van der Waals surface area contributed by atoms with Crippen molar-refractivity contribution in [3.8, 4) is 56.7 Å². The van der Waals surface area contributed by atoms with Crippen molar-refractivity contribution in [2.45, 2.75) is 0 Å². The molecule has 234 valence electrons. The molecule has 7 aromatic carbocycles. The minimum Gasteiger partial charge on any atom is -0.435 e. The number of nitrogens with zero attached hydrogens (tertiary/aromatic N) is 4. The second kappa shape index (κ2) is 11.6. The van der Waals surface area contributed by atoms with Crippen molar-refractivity contribution in [1.29, 1.82) is 0 Å². The Morgan fingerprint density at radius 1 is 0.440 bits per heavy atom. The quantitative estimate of drug-likeness (QED) is 0.184. The fourth-order valence-electron chi connectivity index (χ4n) is 6.78. The maximum Gasteiger partial charge on any atom is 0.227 e. The molecule has 0 aliphatic heterocycles. The first kappa shape index (κ1) is 28.5. The molecule has 10 aromatic rings. The Labute approximate surface area is 291 Å². The summed E-state index contributed by atoms with van der Waals surface area (Å²) in [5, 5.41) is 4.62. The summed E-state index contributed by atoms with van der Waals surface area (Å²) in [6.07, 6.45) is 0. The predicted octanol–water partition coefficient (Wildman–Crippen LogP) is 11.9. The van der Waals surface area contributed by atoms with Crippen LogP contribution < -0.4 is 0 Å². The van der Waals surface area contributed by atoms with Crippen LogP contribution in [0.15, 0.2) is 162 Å². The molecule has 5 nitrogen and oxygen atoms in total. The molecule has 0 fully saturated rings. The standard InChI is InChI=1S/C44H26N4OS/c1-4-12-28(13-5-1)41-46-42(29-14-6-2-7-15-29)48-43(47-41)32-19-10-18-31(26-32)33-20-11-21-34-38-36(50-40(33)34)25-23-27-22-24-35-39(37(27)38)49-44(45-35)30-16-8-3-9-17-30/h1-26H. The molecule has 0 amide bonds. The molecular weight excluding hydrogens is 633 g/mol. The van der Waals surface area contributed by atoms with Gasteiger partial charge in [0, 0.05) is 47.8 Å². The van der Waals surface area contributed by atoms with Gasteiger partial charge in [0.05, 0.1) is 0 Å². The summed E-state index contributed by atoms with van der Waals surface area (Å²) >= 11 is 1.81. The Balaban J connectivity index is 1.14. The van der Waals surface area contributed by atoms with E-state index in [1.165, 1.54) is 20.2 Å². The van der Waals surface area contributed by atoms with Gasteiger partial charge >= 0.3 is 0 Å². The van der Waals surface area contributed by atoms with Crippen LogP contribution in [0.3, 0.4) is 0 Å². The second-order valence-corrected chi connectivity index (χ2v) is 13.3. The van der Waals surface area contributed by atoms with Crippen LogP contribution in [0.1, 0.15) is 0 Å². The molecule has 0 N–H and O–H groups in total. The third-order valence-corrected chi connectivity index (χ3v) is 10.4. The number of benzene rings is 7. The lowest BCUT2D eigenvalue weighted by Gasteiger charge is -2.10. The van der Waals surface area contributed by atoms with E-state index in [9.17, 15) is 0 Å². The Hall–Kier alpha value is -6.50. The van der Waals surface area contributed by atoms with Crippen molar-refractivity contribution in [1.82, 2.24) is 19.9 Å². The predicted molar refractivity (Wildman–Crippen MR) is 205 cm³/mol. The molecule has 0 aliphatic rings. The lowest BCUT2D eigenvalue weighted by atomic mass is 9.98. The Bertz CT molecular complexity index is 2810. The average Bonchev–Trinajstić information content (AvgIpc) is 3.81. The van der Waals surface area contributed by atoms with Crippen LogP contribution in [0.25, 0.3) is 98.8 Å². The molecule has 50 heavy (non-hydrogen) atoms. The Morgan fingerprint density at radius 2 is 1.02 bits per heavy atom. The van der Waals surface area contributed by atoms with E-state index in [4.69, 9.17) is 24.4 Å². The summed E-state index contributed by atoms with van der Waals surface area (Å²) in [4.78, 5) is 19.7. The number of aromatic nitrogens is 4. The van der Waals surface area contributed by atoms with Crippen LogP contribution in [-0.2, 0) is 0 Å². The van der Waals surface area contributed by atoms with E-state index in [-0.39, 0.29) is 0 Å². The highest BCUT2D eigenvalue weighted by atomic mass is 32.1. The zero-order valence-electron chi connectivity index (χ0n) is 26.6. The van der Waals surface area contributed by atoms with Gasteiger partial charge in [-0.1, -0.05) is 127 Å². The van der Waals surface area contributed by atoms with Gasteiger partial charge in [-0.05, 0) is 46.8 Å². The number of fused-ring (bicyclic) bond motifs is 7. The summed E-state index contributed by atoms with van der Waals surface area (Å²) in [6, 6.07) is 53.9. The molecule has 6 heteroatoms. The van der Waals surface area contributed by atoms with Gasteiger partial charge in [0.15, 0.2) is 23.1 Å². The Morgan fingerprint density at radius 3 is 1.72 bits per heavy atom.